The summed E-state index contributed by atoms with van der Waals surface area (Å²) >= 11 is 0. The molecule has 3 heteroatoms. The zero-order valence-electron chi connectivity index (χ0n) is 10.6. The second kappa shape index (κ2) is 6.24. The van der Waals surface area contributed by atoms with Crippen LogP contribution in [0.4, 0.5) is 0 Å². The molecule has 1 heterocycles. The zero-order valence-corrected chi connectivity index (χ0v) is 10.6. The summed E-state index contributed by atoms with van der Waals surface area (Å²) in [5.41, 5.74) is 1.26. The average Bonchev–Trinajstić information content (AvgIpc) is 2.37. The summed E-state index contributed by atoms with van der Waals surface area (Å²) in [5.74, 6) is 0.453. The molecule has 0 aromatic heterocycles. The summed E-state index contributed by atoms with van der Waals surface area (Å²) < 4.78 is 10.7. The standard InChI is InChI=1S/C15H18O3/c1-2-17-14-10-13(18-15(16)11-14)9-8-12-6-4-3-5-7-12/h3-7,11,13H,2,8-10H2,1H3/t13-/m0/s1. The van der Waals surface area contributed by atoms with Gasteiger partial charge < -0.3 is 9.47 Å². The Bertz CT molecular complexity index is 423. The van der Waals surface area contributed by atoms with Crippen molar-refractivity contribution in [2.75, 3.05) is 6.61 Å². The molecule has 0 radical (unpaired) electrons. The topological polar surface area (TPSA) is 35.5 Å². The van der Waals surface area contributed by atoms with Crippen molar-refractivity contribution in [3.05, 3.63) is 47.7 Å². The van der Waals surface area contributed by atoms with Gasteiger partial charge in [0.2, 0.25) is 0 Å². The van der Waals surface area contributed by atoms with Crippen LogP contribution in [0.25, 0.3) is 0 Å². The molecule has 0 unspecified atom stereocenters. The number of ether oxygens (including phenoxy) is 2. The Morgan fingerprint density at radius 3 is 2.83 bits per heavy atom. The van der Waals surface area contributed by atoms with Crippen LogP contribution in [-0.2, 0) is 20.7 Å². The fourth-order valence-electron chi connectivity index (χ4n) is 2.07. The van der Waals surface area contributed by atoms with Crippen LogP contribution in [0.2, 0.25) is 0 Å². The molecule has 0 saturated carbocycles. The molecule has 0 bridgehead atoms. The fraction of sp³-hybridized carbons (Fsp3) is 0.400. The molecule has 0 saturated heterocycles. The van der Waals surface area contributed by atoms with E-state index in [0.29, 0.717) is 13.0 Å². The average molecular weight is 246 g/mol. The normalized spacial score (nSPS) is 19.1. The van der Waals surface area contributed by atoms with E-state index in [2.05, 4.69) is 12.1 Å². The van der Waals surface area contributed by atoms with Crippen LogP contribution in [-0.4, -0.2) is 18.7 Å². The summed E-state index contributed by atoms with van der Waals surface area (Å²) in [4.78, 5) is 11.4. The smallest absolute Gasteiger partial charge is 0.334 e. The Balaban J connectivity index is 1.87. The predicted molar refractivity (Wildman–Crippen MR) is 69.0 cm³/mol. The molecule has 1 aliphatic heterocycles. The maximum absolute atomic E-state index is 11.4. The molecule has 2 rings (SSSR count). The Kier molecular flexibility index (Phi) is 4.40. The van der Waals surface area contributed by atoms with E-state index in [9.17, 15) is 4.79 Å². The highest BCUT2D eigenvalue weighted by molar-refractivity contribution is 5.83. The highest BCUT2D eigenvalue weighted by atomic mass is 16.6. The number of rotatable bonds is 5. The van der Waals surface area contributed by atoms with Gasteiger partial charge in [0.25, 0.3) is 0 Å². The van der Waals surface area contributed by atoms with Crippen LogP contribution in [0.15, 0.2) is 42.2 Å². The van der Waals surface area contributed by atoms with Crippen molar-refractivity contribution < 1.29 is 14.3 Å². The van der Waals surface area contributed by atoms with Gasteiger partial charge >= 0.3 is 5.97 Å². The van der Waals surface area contributed by atoms with Crippen LogP contribution >= 0.6 is 0 Å². The first-order valence-corrected chi connectivity index (χ1v) is 6.36. The van der Waals surface area contributed by atoms with E-state index in [1.807, 2.05) is 25.1 Å². The van der Waals surface area contributed by atoms with Crippen molar-refractivity contribution in [2.24, 2.45) is 0 Å². The van der Waals surface area contributed by atoms with Gasteiger partial charge in [-0.3, -0.25) is 0 Å². The number of esters is 1. The summed E-state index contributed by atoms with van der Waals surface area (Å²) in [6, 6.07) is 10.2. The molecule has 1 aliphatic rings. The van der Waals surface area contributed by atoms with Crippen LogP contribution < -0.4 is 0 Å². The lowest BCUT2D eigenvalue weighted by Gasteiger charge is -2.22. The molecule has 96 valence electrons. The van der Waals surface area contributed by atoms with Crippen molar-refractivity contribution in [1.29, 1.82) is 0 Å². The molecular formula is C15H18O3. The van der Waals surface area contributed by atoms with Crippen molar-refractivity contribution in [1.82, 2.24) is 0 Å². The van der Waals surface area contributed by atoms with Crippen molar-refractivity contribution in [2.45, 2.75) is 32.3 Å². The molecule has 18 heavy (non-hydrogen) atoms. The number of carbonyl (C=O) groups excluding carboxylic acids is 1. The second-order valence-corrected chi connectivity index (χ2v) is 4.33. The van der Waals surface area contributed by atoms with Crippen LogP contribution in [0.5, 0.6) is 0 Å². The van der Waals surface area contributed by atoms with Crippen LogP contribution in [0, 0.1) is 0 Å². The van der Waals surface area contributed by atoms with E-state index in [1.54, 1.807) is 0 Å². The maximum atomic E-state index is 11.4. The number of carbonyl (C=O) groups is 1. The Hall–Kier alpha value is -1.77. The van der Waals surface area contributed by atoms with E-state index in [1.165, 1.54) is 11.6 Å². The van der Waals surface area contributed by atoms with E-state index in [4.69, 9.17) is 9.47 Å². The first kappa shape index (κ1) is 12.7. The van der Waals surface area contributed by atoms with Gasteiger partial charge in [-0.05, 0) is 25.3 Å². The number of hydrogen-bond acceptors (Lipinski definition) is 3. The van der Waals surface area contributed by atoms with Gasteiger partial charge in [0.05, 0.1) is 12.7 Å². The zero-order chi connectivity index (χ0) is 12.8. The summed E-state index contributed by atoms with van der Waals surface area (Å²) in [6.45, 7) is 2.50. The van der Waals surface area contributed by atoms with E-state index >= 15 is 0 Å². The molecule has 0 spiro atoms. The number of cyclic esters (lactones) is 1. The SMILES string of the molecule is CCOC1=CC(=O)O[C@@H](CCc2ccccc2)C1. The molecule has 0 N–H and O–H groups in total. The molecule has 1 aromatic carbocycles. The minimum Gasteiger partial charge on any atom is -0.498 e. The Morgan fingerprint density at radius 2 is 2.11 bits per heavy atom. The fourth-order valence-corrected chi connectivity index (χ4v) is 2.07. The van der Waals surface area contributed by atoms with Crippen LogP contribution in [0.3, 0.4) is 0 Å². The highest BCUT2D eigenvalue weighted by Crippen LogP contribution is 2.20. The van der Waals surface area contributed by atoms with E-state index in [0.717, 1.165) is 18.6 Å². The predicted octanol–water partition coefficient (Wildman–Crippen LogP) is 2.86. The van der Waals surface area contributed by atoms with Gasteiger partial charge in [0.15, 0.2) is 0 Å². The first-order chi connectivity index (χ1) is 8.78. The van der Waals surface area contributed by atoms with Crippen molar-refractivity contribution in [3.63, 3.8) is 0 Å². The van der Waals surface area contributed by atoms with Gasteiger partial charge in [0.1, 0.15) is 11.9 Å². The minimum atomic E-state index is -0.289. The van der Waals surface area contributed by atoms with E-state index < -0.39 is 0 Å². The third-order valence-corrected chi connectivity index (χ3v) is 2.92. The largest absolute Gasteiger partial charge is 0.498 e. The third-order valence-electron chi connectivity index (χ3n) is 2.92. The molecule has 0 aliphatic carbocycles. The summed E-state index contributed by atoms with van der Waals surface area (Å²) in [7, 11) is 0. The number of hydrogen-bond donors (Lipinski definition) is 0. The monoisotopic (exact) mass is 246 g/mol. The minimum absolute atomic E-state index is 0.0655. The maximum Gasteiger partial charge on any atom is 0.334 e. The van der Waals surface area contributed by atoms with Gasteiger partial charge in [0, 0.05) is 6.42 Å². The molecule has 1 aromatic rings. The van der Waals surface area contributed by atoms with E-state index in [-0.39, 0.29) is 12.1 Å². The Morgan fingerprint density at radius 1 is 1.33 bits per heavy atom. The molecule has 3 nitrogen and oxygen atoms in total. The quantitative estimate of drug-likeness (QED) is 0.749. The van der Waals surface area contributed by atoms with Crippen molar-refractivity contribution >= 4 is 5.97 Å². The summed E-state index contributed by atoms with van der Waals surface area (Å²) in [6.07, 6.45) is 3.82. The first-order valence-electron chi connectivity index (χ1n) is 6.36. The van der Waals surface area contributed by atoms with Gasteiger partial charge in [-0.15, -0.1) is 0 Å². The molecule has 0 fully saturated rings. The molecule has 0 amide bonds. The van der Waals surface area contributed by atoms with Gasteiger partial charge in [-0.2, -0.15) is 0 Å². The van der Waals surface area contributed by atoms with Crippen molar-refractivity contribution in [3.8, 4) is 0 Å². The lowest BCUT2D eigenvalue weighted by atomic mass is 10.0. The molecular weight excluding hydrogens is 228 g/mol. The number of benzene rings is 1. The second-order valence-electron chi connectivity index (χ2n) is 4.33. The molecule has 1 atom stereocenters. The number of aryl methyl sites for hydroxylation is 1. The Labute approximate surface area is 107 Å². The lowest BCUT2D eigenvalue weighted by Crippen LogP contribution is -2.24. The lowest BCUT2D eigenvalue weighted by molar-refractivity contribution is -0.145. The van der Waals surface area contributed by atoms with Gasteiger partial charge in [-0.25, -0.2) is 4.79 Å². The summed E-state index contributed by atoms with van der Waals surface area (Å²) in [5, 5.41) is 0. The van der Waals surface area contributed by atoms with Gasteiger partial charge in [-0.1, -0.05) is 30.3 Å². The highest BCUT2D eigenvalue weighted by Gasteiger charge is 2.22. The van der Waals surface area contributed by atoms with Crippen LogP contribution in [0.1, 0.15) is 25.3 Å². The third kappa shape index (κ3) is 3.62.